The minimum absolute atomic E-state index is 0.207. The molecule has 1 aliphatic rings. The number of amides is 1. The maximum absolute atomic E-state index is 11.8. The van der Waals surface area contributed by atoms with Crippen LogP contribution in [0.15, 0.2) is 36.8 Å². The molecule has 1 amide bonds. The number of aromatic nitrogens is 2. The quantitative estimate of drug-likeness (QED) is 0.864. The molecule has 1 aromatic heterocycles. The van der Waals surface area contributed by atoms with Gasteiger partial charge in [0.25, 0.3) is 5.91 Å². The minimum atomic E-state index is -0.295. The van der Waals surface area contributed by atoms with Crippen molar-refractivity contribution in [3.05, 3.63) is 42.5 Å². The van der Waals surface area contributed by atoms with Crippen LogP contribution in [-0.2, 0) is 0 Å². The lowest BCUT2D eigenvalue weighted by Crippen LogP contribution is -2.13. The molecule has 6 nitrogen and oxygen atoms in total. The lowest BCUT2D eigenvalue weighted by molar-refractivity contribution is 0.102. The molecule has 90 valence electrons. The topological polar surface area (TPSA) is 73.3 Å². The highest BCUT2D eigenvalue weighted by molar-refractivity contribution is 6.02. The summed E-state index contributed by atoms with van der Waals surface area (Å²) in [7, 11) is 0. The summed E-state index contributed by atoms with van der Waals surface area (Å²) in [5.74, 6) is 1.00. The summed E-state index contributed by atoms with van der Waals surface area (Å²) in [4.78, 5) is 19.5. The van der Waals surface area contributed by atoms with E-state index in [4.69, 9.17) is 9.47 Å². The average Bonchev–Trinajstić information content (AvgIpc) is 2.87. The van der Waals surface area contributed by atoms with E-state index in [2.05, 4.69) is 15.3 Å². The lowest BCUT2D eigenvalue weighted by Gasteiger charge is -2.05. The van der Waals surface area contributed by atoms with E-state index in [0.717, 1.165) is 0 Å². The van der Waals surface area contributed by atoms with Crippen LogP contribution in [0.4, 0.5) is 5.69 Å². The Balaban J connectivity index is 1.79. The van der Waals surface area contributed by atoms with Gasteiger partial charge in [-0.2, -0.15) is 0 Å². The average molecular weight is 243 g/mol. The van der Waals surface area contributed by atoms with Crippen LogP contribution in [0, 0.1) is 0 Å². The minimum Gasteiger partial charge on any atom is -0.454 e. The van der Waals surface area contributed by atoms with Gasteiger partial charge in [0, 0.05) is 18.0 Å². The zero-order valence-corrected chi connectivity index (χ0v) is 9.29. The zero-order valence-electron chi connectivity index (χ0n) is 9.29. The van der Waals surface area contributed by atoms with Crippen molar-refractivity contribution < 1.29 is 14.3 Å². The Hall–Kier alpha value is -2.63. The molecule has 0 aliphatic carbocycles. The number of nitrogens with zero attached hydrogens (tertiary/aromatic N) is 2. The van der Waals surface area contributed by atoms with Crippen LogP contribution < -0.4 is 14.8 Å². The zero-order chi connectivity index (χ0) is 12.4. The molecular formula is C12H9N3O3. The molecule has 1 aromatic carbocycles. The lowest BCUT2D eigenvalue weighted by atomic mass is 10.2. The molecule has 0 spiro atoms. The molecule has 2 aromatic rings. The molecule has 3 rings (SSSR count). The van der Waals surface area contributed by atoms with Crippen molar-refractivity contribution in [2.75, 3.05) is 12.1 Å². The summed E-state index contributed by atoms with van der Waals surface area (Å²) in [6.07, 6.45) is 2.84. The summed E-state index contributed by atoms with van der Waals surface area (Å²) in [5.41, 5.74) is 0.936. The van der Waals surface area contributed by atoms with Crippen LogP contribution in [0.3, 0.4) is 0 Å². The number of hydrogen-bond acceptors (Lipinski definition) is 5. The molecule has 6 heteroatoms. The molecule has 1 N–H and O–H groups in total. The van der Waals surface area contributed by atoms with Gasteiger partial charge in [-0.3, -0.25) is 4.79 Å². The third-order valence-corrected chi connectivity index (χ3v) is 2.45. The van der Waals surface area contributed by atoms with Gasteiger partial charge in [-0.25, -0.2) is 9.97 Å². The monoisotopic (exact) mass is 243 g/mol. The van der Waals surface area contributed by atoms with Gasteiger partial charge in [-0.15, -0.1) is 0 Å². The molecule has 0 radical (unpaired) electrons. The van der Waals surface area contributed by atoms with Crippen molar-refractivity contribution >= 4 is 11.6 Å². The largest absolute Gasteiger partial charge is 0.454 e. The molecule has 18 heavy (non-hydrogen) atoms. The molecule has 0 saturated carbocycles. The predicted octanol–water partition coefficient (Wildman–Crippen LogP) is 1.46. The second kappa shape index (κ2) is 4.33. The first kappa shape index (κ1) is 10.5. The Bertz CT molecular complexity index is 586. The van der Waals surface area contributed by atoms with Crippen molar-refractivity contribution in [3.8, 4) is 11.5 Å². The summed E-state index contributed by atoms with van der Waals surface area (Å²) < 4.78 is 10.4. The van der Waals surface area contributed by atoms with E-state index in [1.54, 1.807) is 24.3 Å². The fraction of sp³-hybridized carbons (Fsp3) is 0.0833. The van der Waals surface area contributed by atoms with Gasteiger partial charge in [0.15, 0.2) is 11.5 Å². The van der Waals surface area contributed by atoms with E-state index in [0.29, 0.717) is 22.9 Å². The third-order valence-electron chi connectivity index (χ3n) is 2.45. The number of carbonyl (C=O) groups excluding carboxylic acids is 1. The van der Waals surface area contributed by atoms with E-state index in [1.165, 1.54) is 12.5 Å². The fourth-order valence-corrected chi connectivity index (χ4v) is 1.59. The van der Waals surface area contributed by atoms with Crippen molar-refractivity contribution in [1.82, 2.24) is 9.97 Å². The number of rotatable bonds is 2. The summed E-state index contributed by atoms with van der Waals surface area (Å²) in [5, 5.41) is 2.72. The number of carbonyl (C=O) groups is 1. The number of fused-ring (bicyclic) bond motifs is 1. The van der Waals surface area contributed by atoms with E-state index in [-0.39, 0.29) is 12.7 Å². The third kappa shape index (κ3) is 1.95. The Kier molecular flexibility index (Phi) is 2.53. The number of anilines is 1. The molecule has 0 saturated heterocycles. The molecule has 0 unspecified atom stereocenters. The van der Waals surface area contributed by atoms with Crippen LogP contribution >= 0.6 is 0 Å². The van der Waals surface area contributed by atoms with Gasteiger partial charge >= 0.3 is 0 Å². The summed E-state index contributed by atoms with van der Waals surface area (Å²) >= 11 is 0. The van der Waals surface area contributed by atoms with E-state index in [9.17, 15) is 4.79 Å². The Morgan fingerprint density at radius 1 is 1.22 bits per heavy atom. The Labute approximate surface area is 103 Å². The normalized spacial score (nSPS) is 12.2. The highest BCUT2D eigenvalue weighted by Gasteiger charge is 2.14. The van der Waals surface area contributed by atoms with Crippen LogP contribution in [-0.4, -0.2) is 22.7 Å². The first-order valence-electron chi connectivity index (χ1n) is 5.30. The summed E-state index contributed by atoms with van der Waals surface area (Å²) in [6.45, 7) is 0.207. The molecule has 0 bridgehead atoms. The maximum atomic E-state index is 11.8. The van der Waals surface area contributed by atoms with Gasteiger partial charge in [-0.1, -0.05) is 0 Å². The smallest absolute Gasteiger partial charge is 0.274 e. The van der Waals surface area contributed by atoms with Gasteiger partial charge in [-0.05, 0) is 18.2 Å². The molecule has 2 heterocycles. The van der Waals surface area contributed by atoms with Crippen LogP contribution in [0.25, 0.3) is 0 Å². The first-order chi connectivity index (χ1) is 8.83. The van der Waals surface area contributed by atoms with Crippen molar-refractivity contribution in [2.45, 2.75) is 0 Å². The fourth-order valence-electron chi connectivity index (χ4n) is 1.59. The highest BCUT2D eigenvalue weighted by Crippen LogP contribution is 2.34. The van der Waals surface area contributed by atoms with Gasteiger partial charge in [0.05, 0.1) is 0 Å². The maximum Gasteiger partial charge on any atom is 0.274 e. The number of nitrogens with one attached hydrogen (secondary N) is 1. The van der Waals surface area contributed by atoms with Gasteiger partial charge in [0.1, 0.15) is 12.0 Å². The second-order valence-corrected chi connectivity index (χ2v) is 3.62. The van der Waals surface area contributed by atoms with Gasteiger partial charge < -0.3 is 14.8 Å². The van der Waals surface area contributed by atoms with Crippen molar-refractivity contribution in [1.29, 1.82) is 0 Å². The summed E-state index contributed by atoms with van der Waals surface area (Å²) in [6, 6.07) is 6.74. The molecular weight excluding hydrogens is 234 g/mol. The first-order valence-corrected chi connectivity index (χ1v) is 5.30. The SMILES string of the molecule is O=C(Nc1ccc2c(c1)OCO2)c1ccncn1. The van der Waals surface area contributed by atoms with E-state index >= 15 is 0 Å². The van der Waals surface area contributed by atoms with Crippen molar-refractivity contribution in [2.24, 2.45) is 0 Å². The number of hydrogen-bond donors (Lipinski definition) is 1. The molecule has 0 fully saturated rings. The number of benzene rings is 1. The molecule has 0 atom stereocenters. The Morgan fingerprint density at radius 2 is 2.11 bits per heavy atom. The van der Waals surface area contributed by atoms with Crippen molar-refractivity contribution in [3.63, 3.8) is 0 Å². The standard InChI is InChI=1S/C12H9N3O3/c16-12(9-3-4-13-6-14-9)15-8-1-2-10-11(5-8)18-7-17-10/h1-6H,7H2,(H,15,16). The predicted molar refractivity (Wildman–Crippen MR) is 62.6 cm³/mol. The second-order valence-electron chi connectivity index (χ2n) is 3.62. The number of ether oxygens (including phenoxy) is 2. The molecule has 1 aliphatic heterocycles. The Morgan fingerprint density at radius 3 is 2.94 bits per heavy atom. The van der Waals surface area contributed by atoms with Gasteiger partial charge in [0.2, 0.25) is 6.79 Å². The van der Waals surface area contributed by atoms with Crippen LogP contribution in [0.2, 0.25) is 0 Å². The van der Waals surface area contributed by atoms with Crippen LogP contribution in [0.5, 0.6) is 11.5 Å². The van der Waals surface area contributed by atoms with E-state index < -0.39 is 0 Å². The van der Waals surface area contributed by atoms with E-state index in [1.807, 2.05) is 0 Å². The highest BCUT2D eigenvalue weighted by atomic mass is 16.7. The van der Waals surface area contributed by atoms with Crippen LogP contribution in [0.1, 0.15) is 10.5 Å².